The van der Waals surface area contributed by atoms with Crippen molar-refractivity contribution >= 4 is 11.9 Å². The Hall–Kier alpha value is -4.31. The molecule has 0 spiro atoms. The lowest BCUT2D eigenvalue weighted by molar-refractivity contribution is 0.0467. The normalized spacial score (nSPS) is 10.4. The fourth-order valence-electron chi connectivity index (χ4n) is 3.64. The van der Waals surface area contributed by atoms with Gasteiger partial charge in [0.05, 0.1) is 23.8 Å². The van der Waals surface area contributed by atoms with Crippen molar-refractivity contribution < 1.29 is 28.9 Å². The van der Waals surface area contributed by atoms with Gasteiger partial charge >= 0.3 is 11.9 Å². The van der Waals surface area contributed by atoms with Crippen LogP contribution in [-0.4, -0.2) is 23.7 Å². The molecule has 0 fully saturated rings. The molecule has 0 heterocycles. The Bertz CT molecular complexity index is 1230. The number of aromatic hydroxyl groups is 1. The van der Waals surface area contributed by atoms with Crippen molar-refractivity contribution in [2.45, 2.75) is 52.1 Å². The molecule has 0 aliphatic carbocycles. The summed E-state index contributed by atoms with van der Waals surface area (Å²) in [7, 11) is 0. The van der Waals surface area contributed by atoms with Crippen LogP contribution >= 0.6 is 0 Å². The number of nitriles is 1. The summed E-state index contributed by atoms with van der Waals surface area (Å²) in [6.07, 6.45) is 7.10. The van der Waals surface area contributed by atoms with E-state index in [0.717, 1.165) is 12.8 Å². The van der Waals surface area contributed by atoms with E-state index in [1.54, 1.807) is 48.5 Å². The standard InChI is InChI=1S/C30H31NO6/c1-2-3-4-5-6-9-18-35-25-14-12-22(13-15-25)29(33)37-26-16-17-28(32)27(19-26)30(34)36-21-24-11-8-7-10-23(24)20-31/h7-8,10-17,19,32H,2-6,9,18,21H2,1H3. The summed E-state index contributed by atoms with van der Waals surface area (Å²) in [6, 6.07) is 19.3. The lowest BCUT2D eigenvalue weighted by Crippen LogP contribution is -2.10. The topological polar surface area (TPSA) is 106 Å². The minimum absolute atomic E-state index is 0.0792. The van der Waals surface area contributed by atoms with Crippen LogP contribution in [0.25, 0.3) is 0 Å². The number of rotatable bonds is 13. The Balaban J connectivity index is 1.53. The van der Waals surface area contributed by atoms with Crippen molar-refractivity contribution in [2.24, 2.45) is 0 Å². The van der Waals surface area contributed by atoms with Gasteiger partial charge in [-0.3, -0.25) is 0 Å². The first-order valence-electron chi connectivity index (χ1n) is 12.4. The molecule has 192 valence electrons. The number of esters is 2. The Kier molecular flexibility index (Phi) is 10.5. The van der Waals surface area contributed by atoms with Crippen molar-refractivity contribution in [1.82, 2.24) is 0 Å². The van der Waals surface area contributed by atoms with Gasteiger partial charge in [0.15, 0.2) is 0 Å². The molecule has 0 saturated heterocycles. The molecule has 7 heteroatoms. The first-order chi connectivity index (χ1) is 18.0. The number of carbonyl (C=O) groups excluding carboxylic acids is 2. The van der Waals surface area contributed by atoms with E-state index in [2.05, 4.69) is 6.92 Å². The second kappa shape index (κ2) is 14.3. The summed E-state index contributed by atoms with van der Waals surface area (Å²) >= 11 is 0. The zero-order chi connectivity index (χ0) is 26.5. The van der Waals surface area contributed by atoms with Crippen molar-refractivity contribution in [2.75, 3.05) is 6.61 Å². The molecule has 7 nitrogen and oxygen atoms in total. The number of phenolic OH excluding ortho intramolecular Hbond substituents is 1. The van der Waals surface area contributed by atoms with Crippen LogP contribution in [0.4, 0.5) is 0 Å². The van der Waals surface area contributed by atoms with Gasteiger partial charge < -0.3 is 19.3 Å². The predicted molar refractivity (Wildman–Crippen MR) is 139 cm³/mol. The molecule has 0 aliphatic rings. The van der Waals surface area contributed by atoms with E-state index < -0.39 is 11.9 Å². The van der Waals surface area contributed by atoms with E-state index in [1.165, 1.54) is 43.9 Å². The molecule has 3 aromatic rings. The average molecular weight is 502 g/mol. The largest absolute Gasteiger partial charge is 0.507 e. The minimum Gasteiger partial charge on any atom is -0.507 e. The Morgan fingerprint density at radius 1 is 0.865 bits per heavy atom. The average Bonchev–Trinajstić information content (AvgIpc) is 2.92. The molecule has 0 aliphatic heterocycles. The molecule has 0 unspecified atom stereocenters. The van der Waals surface area contributed by atoms with E-state index in [1.807, 2.05) is 6.07 Å². The van der Waals surface area contributed by atoms with Crippen LogP contribution in [0.3, 0.4) is 0 Å². The van der Waals surface area contributed by atoms with Crippen molar-refractivity contribution in [3.05, 3.63) is 89.0 Å². The fraction of sp³-hybridized carbons (Fsp3) is 0.300. The second-order valence-electron chi connectivity index (χ2n) is 8.55. The number of phenols is 1. The third-order valence-electron chi connectivity index (χ3n) is 5.75. The first-order valence-corrected chi connectivity index (χ1v) is 12.4. The third kappa shape index (κ3) is 8.39. The summed E-state index contributed by atoms with van der Waals surface area (Å²) in [5.74, 6) is -0.982. The molecule has 0 atom stereocenters. The predicted octanol–water partition coefficient (Wildman–Crippen LogP) is 6.58. The molecule has 0 amide bonds. The Labute approximate surface area is 217 Å². The molecular formula is C30H31NO6. The summed E-state index contributed by atoms with van der Waals surface area (Å²) < 4.78 is 16.4. The van der Waals surface area contributed by atoms with Gasteiger partial charge in [0.2, 0.25) is 0 Å². The highest BCUT2D eigenvalue weighted by Crippen LogP contribution is 2.25. The zero-order valence-electron chi connectivity index (χ0n) is 20.9. The van der Waals surface area contributed by atoms with E-state index in [4.69, 9.17) is 19.5 Å². The van der Waals surface area contributed by atoms with Gasteiger partial charge in [-0.15, -0.1) is 0 Å². The van der Waals surface area contributed by atoms with Crippen molar-refractivity contribution in [3.8, 4) is 23.3 Å². The molecule has 3 aromatic carbocycles. The number of nitrogens with zero attached hydrogens (tertiary/aromatic N) is 1. The summed E-state index contributed by atoms with van der Waals surface area (Å²) in [6.45, 7) is 2.69. The molecule has 37 heavy (non-hydrogen) atoms. The smallest absolute Gasteiger partial charge is 0.343 e. The highest BCUT2D eigenvalue weighted by Gasteiger charge is 2.17. The third-order valence-corrected chi connectivity index (χ3v) is 5.75. The van der Waals surface area contributed by atoms with E-state index in [-0.39, 0.29) is 23.7 Å². The Morgan fingerprint density at radius 2 is 1.57 bits per heavy atom. The van der Waals surface area contributed by atoms with E-state index in [0.29, 0.717) is 29.0 Å². The highest BCUT2D eigenvalue weighted by atomic mass is 16.5. The minimum atomic E-state index is -0.810. The monoisotopic (exact) mass is 501 g/mol. The number of carbonyl (C=O) groups is 2. The number of unbranched alkanes of at least 4 members (excludes halogenated alkanes) is 5. The SMILES string of the molecule is CCCCCCCCOc1ccc(C(=O)Oc2ccc(O)c(C(=O)OCc3ccccc3C#N)c2)cc1. The fourth-order valence-corrected chi connectivity index (χ4v) is 3.64. The quantitative estimate of drug-likeness (QED) is 0.160. The summed E-state index contributed by atoms with van der Waals surface area (Å²) in [5.41, 5.74) is 1.09. The van der Waals surface area contributed by atoms with Gasteiger partial charge in [0, 0.05) is 5.56 Å². The van der Waals surface area contributed by atoms with Crippen LogP contribution in [0.15, 0.2) is 66.7 Å². The maximum Gasteiger partial charge on any atom is 0.343 e. The van der Waals surface area contributed by atoms with Gasteiger partial charge in [-0.1, -0.05) is 57.2 Å². The number of hydrogen-bond donors (Lipinski definition) is 1. The highest BCUT2D eigenvalue weighted by molar-refractivity contribution is 5.94. The number of ether oxygens (including phenoxy) is 3. The molecule has 0 saturated carbocycles. The van der Waals surface area contributed by atoms with Crippen LogP contribution in [0.2, 0.25) is 0 Å². The molecule has 1 N–H and O–H groups in total. The van der Waals surface area contributed by atoms with Gasteiger partial charge in [-0.05, 0) is 55.0 Å². The zero-order valence-corrected chi connectivity index (χ0v) is 20.9. The van der Waals surface area contributed by atoms with Crippen LogP contribution < -0.4 is 9.47 Å². The molecular weight excluding hydrogens is 470 g/mol. The summed E-state index contributed by atoms with van der Waals surface area (Å²) in [4.78, 5) is 25.1. The van der Waals surface area contributed by atoms with Crippen LogP contribution in [0.5, 0.6) is 17.2 Å². The van der Waals surface area contributed by atoms with Gasteiger partial charge in [-0.25, -0.2) is 9.59 Å². The second-order valence-corrected chi connectivity index (χ2v) is 8.55. The maximum absolute atomic E-state index is 12.6. The lowest BCUT2D eigenvalue weighted by Gasteiger charge is -2.10. The lowest BCUT2D eigenvalue weighted by atomic mass is 10.1. The molecule has 0 radical (unpaired) electrons. The number of hydrogen-bond acceptors (Lipinski definition) is 7. The van der Waals surface area contributed by atoms with E-state index >= 15 is 0 Å². The molecule has 0 aromatic heterocycles. The van der Waals surface area contributed by atoms with Crippen LogP contribution in [-0.2, 0) is 11.3 Å². The molecule has 3 rings (SSSR count). The van der Waals surface area contributed by atoms with Gasteiger partial charge in [0.25, 0.3) is 0 Å². The van der Waals surface area contributed by atoms with E-state index in [9.17, 15) is 14.7 Å². The maximum atomic E-state index is 12.6. The first kappa shape index (κ1) is 27.3. The summed E-state index contributed by atoms with van der Waals surface area (Å²) in [5, 5.41) is 19.3. The van der Waals surface area contributed by atoms with Crippen molar-refractivity contribution in [1.29, 1.82) is 5.26 Å². The number of benzene rings is 3. The van der Waals surface area contributed by atoms with Gasteiger partial charge in [0.1, 0.15) is 29.4 Å². The Morgan fingerprint density at radius 3 is 2.32 bits per heavy atom. The molecule has 0 bridgehead atoms. The van der Waals surface area contributed by atoms with Crippen molar-refractivity contribution in [3.63, 3.8) is 0 Å². The van der Waals surface area contributed by atoms with Crippen LogP contribution in [0, 0.1) is 11.3 Å². The van der Waals surface area contributed by atoms with Gasteiger partial charge in [-0.2, -0.15) is 5.26 Å². The van der Waals surface area contributed by atoms with Crippen LogP contribution in [0.1, 0.15) is 77.3 Å².